The molecular formula is C12H15ClFNO3. The van der Waals surface area contributed by atoms with E-state index in [4.69, 9.17) is 21.1 Å². The molecule has 4 nitrogen and oxygen atoms in total. The van der Waals surface area contributed by atoms with Gasteiger partial charge in [0.15, 0.2) is 6.29 Å². The highest BCUT2D eigenvalue weighted by molar-refractivity contribution is 6.30. The van der Waals surface area contributed by atoms with E-state index in [0.29, 0.717) is 0 Å². The van der Waals surface area contributed by atoms with Crippen molar-refractivity contribution in [1.29, 1.82) is 0 Å². The summed E-state index contributed by atoms with van der Waals surface area (Å²) in [4.78, 5) is 11.8. The van der Waals surface area contributed by atoms with Crippen LogP contribution in [0.1, 0.15) is 17.3 Å². The van der Waals surface area contributed by atoms with Gasteiger partial charge < -0.3 is 14.8 Å². The van der Waals surface area contributed by atoms with E-state index in [9.17, 15) is 9.18 Å². The Morgan fingerprint density at radius 2 is 2.00 bits per heavy atom. The van der Waals surface area contributed by atoms with Crippen molar-refractivity contribution in [3.05, 3.63) is 34.6 Å². The number of hydrogen-bond donors (Lipinski definition) is 1. The van der Waals surface area contributed by atoms with Gasteiger partial charge in [-0.25, -0.2) is 4.39 Å². The standard InChI is InChI=1S/C12H15ClFNO3/c1-7(12(17-2)18-3)15-11(16)8-4-5-9(13)10(14)6-8/h4-7,12H,1-3H3,(H,15,16). The summed E-state index contributed by atoms with van der Waals surface area (Å²) in [7, 11) is 2.94. The SMILES string of the molecule is COC(OC)C(C)NC(=O)c1ccc(Cl)c(F)c1. The molecule has 0 aromatic heterocycles. The Balaban J connectivity index is 2.73. The second-order valence-corrected chi connectivity index (χ2v) is 4.14. The molecule has 1 aromatic carbocycles. The number of methoxy groups -OCH3 is 2. The molecule has 18 heavy (non-hydrogen) atoms. The van der Waals surface area contributed by atoms with Gasteiger partial charge in [-0.05, 0) is 25.1 Å². The number of amides is 1. The van der Waals surface area contributed by atoms with Crippen molar-refractivity contribution in [3.63, 3.8) is 0 Å². The van der Waals surface area contributed by atoms with E-state index in [1.165, 1.54) is 26.4 Å². The number of hydrogen-bond acceptors (Lipinski definition) is 3. The Labute approximate surface area is 110 Å². The molecule has 0 radical (unpaired) electrons. The van der Waals surface area contributed by atoms with Crippen LogP contribution in [0.4, 0.5) is 4.39 Å². The maximum Gasteiger partial charge on any atom is 0.251 e. The first kappa shape index (κ1) is 14.9. The molecule has 0 fully saturated rings. The average molecular weight is 276 g/mol. The van der Waals surface area contributed by atoms with E-state index in [2.05, 4.69) is 5.32 Å². The van der Waals surface area contributed by atoms with Crippen LogP contribution >= 0.6 is 11.6 Å². The van der Waals surface area contributed by atoms with Crippen LogP contribution < -0.4 is 5.32 Å². The molecule has 0 spiro atoms. The molecule has 0 aliphatic heterocycles. The highest BCUT2D eigenvalue weighted by atomic mass is 35.5. The largest absolute Gasteiger partial charge is 0.354 e. The third kappa shape index (κ3) is 3.66. The maximum absolute atomic E-state index is 13.2. The first-order chi connectivity index (χ1) is 8.49. The van der Waals surface area contributed by atoms with E-state index in [1.807, 2.05) is 0 Å². The molecule has 0 aliphatic rings. The van der Waals surface area contributed by atoms with E-state index < -0.39 is 18.0 Å². The lowest BCUT2D eigenvalue weighted by molar-refractivity contribution is -0.117. The summed E-state index contributed by atoms with van der Waals surface area (Å²) in [6.45, 7) is 1.72. The highest BCUT2D eigenvalue weighted by Gasteiger charge is 2.19. The van der Waals surface area contributed by atoms with Crippen molar-refractivity contribution >= 4 is 17.5 Å². The van der Waals surface area contributed by atoms with Crippen molar-refractivity contribution in [3.8, 4) is 0 Å². The normalized spacial score (nSPS) is 12.6. The zero-order valence-electron chi connectivity index (χ0n) is 10.4. The predicted octanol–water partition coefficient (Wildman–Crippen LogP) is 2.22. The quantitative estimate of drug-likeness (QED) is 0.838. The van der Waals surface area contributed by atoms with E-state index in [-0.39, 0.29) is 16.6 Å². The molecular weight excluding hydrogens is 261 g/mol. The van der Waals surface area contributed by atoms with Crippen LogP contribution in [0.2, 0.25) is 5.02 Å². The molecule has 0 saturated heterocycles. The Kier molecular flexibility index (Phi) is 5.53. The summed E-state index contributed by atoms with van der Waals surface area (Å²) in [5, 5.41) is 2.62. The average Bonchev–Trinajstić information content (AvgIpc) is 2.34. The topological polar surface area (TPSA) is 47.6 Å². The molecule has 1 aromatic rings. The molecule has 1 atom stereocenters. The molecule has 6 heteroatoms. The van der Waals surface area contributed by atoms with Crippen LogP contribution in [-0.2, 0) is 9.47 Å². The van der Waals surface area contributed by atoms with E-state index in [0.717, 1.165) is 6.07 Å². The summed E-state index contributed by atoms with van der Waals surface area (Å²) in [5.74, 6) is -1.05. The van der Waals surface area contributed by atoms with Crippen LogP contribution in [-0.4, -0.2) is 32.5 Å². The summed E-state index contributed by atoms with van der Waals surface area (Å²) < 4.78 is 23.2. The fourth-order valence-corrected chi connectivity index (χ4v) is 1.62. The van der Waals surface area contributed by atoms with Gasteiger partial charge in [-0.2, -0.15) is 0 Å². The Hall–Kier alpha value is -1.17. The lowest BCUT2D eigenvalue weighted by Crippen LogP contribution is -2.42. The van der Waals surface area contributed by atoms with Crippen LogP contribution in [0.3, 0.4) is 0 Å². The molecule has 1 amide bonds. The minimum Gasteiger partial charge on any atom is -0.354 e. The number of halogens is 2. The smallest absolute Gasteiger partial charge is 0.251 e. The number of rotatable bonds is 5. The van der Waals surface area contributed by atoms with Crippen molar-refractivity contribution in [1.82, 2.24) is 5.32 Å². The van der Waals surface area contributed by atoms with Gasteiger partial charge in [0.05, 0.1) is 11.1 Å². The molecule has 1 unspecified atom stereocenters. The van der Waals surface area contributed by atoms with Crippen LogP contribution in [0.25, 0.3) is 0 Å². The van der Waals surface area contributed by atoms with Crippen molar-refractivity contribution in [2.24, 2.45) is 0 Å². The lowest BCUT2D eigenvalue weighted by Gasteiger charge is -2.22. The molecule has 1 N–H and O–H groups in total. The number of carbonyl (C=O) groups is 1. The minimum atomic E-state index is -0.632. The Bertz CT molecular complexity index is 424. The fourth-order valence-electron chi connectivity index (χ4n) is 1.50. The minimum absolute atomic E-state index is 0.0220. The summed E-state index contributed by atoms with van der Waals surface area (Å²) in [5.41, 5.74) is 0.190. The van der Waals surface area contributed by atoms with Crippen LogP contribution in [0.15, 0.2) is 18.2 Å². The van der Waals surface area contributed by atoms with Crippen LogP contribution in [0, 0.1) is 5.82 Å². The van der Waals surface area contributed by atoms with Gasteiger partial charge >= 0.3 is 0 Å². The molecule has 0 heterocycles. The third-order valence-electron chi connectivity index (χ3n) is 2.41. The number of carbonyl (C=O) groups excluding carboxylic acids is 1. The van der Waals surface area contributed by atoms with Gasteiger partial charge in [0, 0.05) is 19.8 Å². The van der Waals surface area contributed by atoms with Crippen molar-refractivity contribution in [2.75, 3.05) is 14.2 Å². The first-order valence-corrected chi connectivity index (χ1v) is 5.69. The first-order valence-electron chi connectivity index (χ1n) is 5.31. The van der Waals surface area contributed by atoms with Gasteiger partial charge in [0.2, 0.25) is 0 Å². The summed E-state index contributed by atoms with van der Waals surface area (Å²) >= 11 is 5.54. The molecule has 0 saturated carbocycles. The third-order valence-corrected chi connectivity index (χ3v) is 2.72. The van der Waals surface area contributed by atoms with Gasteiger partial charge in [0.25, 0.3) is 5.91 Å². The maximum atomic E-state index is 13.2. The Morgan fingerprint density at radius 3 is 2.50 bits per heavy atom. The number of nitrogens with one attached hydrogen (secondary N) is 1. The molecule has 0 aliphatic carbocycles. The van der Waals surface area contributed by atoms with Gasteiger partial charge in [-0.3, -0.25) is 4.79 Å². The second-order valence-electron chi connectivity index (χ2n) is 3.73. The Morgan fingerprint density at radius 1 is 1.39 bits per heavy atom. The number of ether oxygens (including phenoxy) is 2. The van der Waals surface area contributed by atoms with Gasteiger partial charge in [-0.1, -0.05) is 11.6 Å². The van der Waals surface area contributed by atoms with Gasteiger partial charge in [0.1, 0.15) is 5.82 Å². The van der Waals surface area contributed by atoms with Crippen molar-refractivity contribution < 1.29 is 18.7 Å². The predicted molar refractivity (Wildman–Crippen MR) is 66.1 cm³/mol. The summed E-state index contributed by atoms with van der Waals surface area (Å²) in [6.07, 6.45) is -0.564. The number of benzene rings is 1. The monoisotopic (exact) mass is 275 g/mol. The van der Waals surface area contributed by atoms with Gasteiger partial charge in [-0.15, -0.1) is 0 Å². The molecule has 0 bridgehead atoms. The molecule has 100 valence electrons. The zero-order valence-corrected chi connectivity index (χ0v) is 11.1. The second kappa shape index (κ2) is 6.68. The summed E-state index contributed by atoms with van der Waals surface area (Å²) in [6, 6.07) is 3.49. The van der Waals surface area contributed by atoms with E-state index in [1.54, 1.807) is 6.92 Å². The zero-order chi connectivity index (χ0) is 13.7. The van der Waals surface area contributed by atoms with E-state index >= 15 is 0 Å². The highest BCUT2D eigenvalue weighted by Crippen LogP contribution is 2.15. The lowest BCUT2D eigenvalue weighted by atomic mass is 10.2. The molecule has 1 rings (SSSR count). The van der Waals surface area contributed by atoms with Crippen LogP contribution in [0.5, 0.6) is 0 Å². The van der Waals surface area contributed by atoms with Crippen molar-refractivity contribution in [2.45, 2.75) is 19.3 Å². The fraction of sp³-hybridized carbons (Fsp3) is 0.417.